The van der Waals surface area contributed by atoms with Crippen molar-refractivity contribution in [2.45, 2.75) is 49.2 Å². The topological polar surface area (TPSA) is 244 Å². The molecule has 3 amide bonds. The minimum Gasteiger partial charge on any atom is -0.304 e. The number of nitrogens with zero attached hydrogens (tertiary/aromatic N) is 9. The molecule has 2 atom stereocenters. The number of halogens is 4. The number of anilines is 3. The number of hydrogen-bond donors (Lipinski definition) is 2. The summed E-state index contributed by atoms with van der Waals surface area (Å²) >= 11 is 24.7. The van der Waals surface area contributed by atoms with Crippen molar-refractivity contribution < 1.29 is 99.4 Å². The van der Waals surface area contributed by atoms with Crippen LogP contribution in [0.4, 0.5) is 28.4 Å². The molecule has 0 bridgehead atoms. The zero-order valence-electron chi connectivity index (χ0n) is 35.7. The van der Waals surface area contributed by atoms with E-state index in [-0.39, 0.29) is 120 Å². The van der Waals surface area contributed by atoms with Gasteiger partial charge in [-0.15, -0.1) is 0 Å². The molecule has 0 fully saturated rings. The van der Waals surface area contributed by atoms with Crippen LogP contribution in [0.2, 0.25) is 20.1 Å². The van der Waals surface area contributed by atoms with Crippen LogP contribution in [-0.2, 0) is 36.4 Å². The Morgan fingerprint density at radius 3 is 1.60 bits per heavy atom. The molecule has 2 aliphatic heterocycles. The van der Waals surface area contributed by atoms with Gasteiger partial charge in [-0.05, 0) is 86.5 Å². The summed E-state index contributed by atoms with van der Waals surface area (Å²) in [6.45, 7) is 4.99. The number of azo groups is 2. The summed E-state index contributed by atoms with van der Waals surface area (Å²) in [5, 5.41) is 26.1. The number of benzene rings is 5. The number of aryl methyl sites for hydroxylation is 1. The van der Waals surface area contributed by atoms with Gasteiger partial charge in [0.15, 0.2) is 12.1 Å². The van der Waals surface area contributed by atoms with Crippen molar-refractivity contribution >= 4 is 124 Å². The van der Waals surface area contributed by atoms with Crippen LogP contribution in [0.25, 0.3) is 0 Å². The van der Waals surface area contributed by atoms with Gasteiger partial charge in [0.05, 0.1) is 60.8 Å². The smallest absolute Gasteiger partial charge is 0.304 e. The van der Waals surface area contributed by atoms with E-state index < -0.39 is 64.9 Å². The Balaban J connectivity index is 0.00000420. The average molecular weight is 1050 g/mol. The average Bonchev–Trinajstić information content (AvgIpc) is 3.70. The minimum atomic E-state index is -4.71. The van der Waals surface area contributed by atoms with E-state index in [1.807, 2.05) is 30.3 Å². The first-order chi connectivity index (χ1) is 30.6. The number of amides is 3. The van der Waals surface area contributed by atoms with Gasteiger partial charge in [0.2, 0.25) is 0 Å². The number of hydrogen-bond acceptors (Lipinski definition) is 13. The van der Waals surface area contributed by atoms with E-state index in [1.165, 1.54) is 24.8 Å². The summed E-state index contributed by atoms with van der Waals surface area (Å²) in [6, 6.07) is 22.0. The van der Waals surface area contributed by atoms with Gasteiger partial charge in [0, 0.05) is 11.3 Å². The summed E-state index contributed by atoms with van der Waals surface area (Å²) in [5.41, 5.74) is 3.00. The second kappa shape index (κ2) is 21.8. The van der Waals surface area contributed by atoms with Gasteiger partial charge in [-0.1, -0.05) is 88.9 Å². The molecular weight excluding hydrogens is 1010 g/mol. The normalized spacial score (nSPS) is 16.3. The van der Waals surface area contributed by atoms with Gasteiger partial charge in [0.1, 0.15) is 9.79 Å². The van der Waals surface area contributed by atoms with Crippen molar-refractivity contribution in [2.24, 2.45) is 30.7 Å². The Bertz CT molecular complexity index is 3190. The molecule has 0 saturated carbocycles. The fourth-order valence-corrected chi connectivity index (χ4v) is 9.23. The van der Waals surface area contributed by atoms with Gasteiger partial charge in [-0.2, -0.15) is 57.5 Å². The van der Waals surface area contributed by atoms with E-state index in [4.69, 9.17) is 46.4 Å². The van der Waals surface area contributed by atoms with Crippen LogP contribution in [0.1, 0.15) is 35.3 Å². The second-order valence-corrected chi connectivity index (χ2v) is 18.7. The largest absolute Gasteiger partial charge is 1.00 e. The molecule has 26 heteroatoms. The van der Waals surface area contributed by atoms with Crippen LogP contribution in [0.3, 0.4) is 0 Å². The van der Waals surface area contributed by atoms with E-state index in [1.54, 1.807) is 43.3 Å². The van der Waals surface area contributed by atoms with Crippen LogP contribution in [0, 0.1) is 6.92 Å². The van der Waals surface area contributed by atoms with Crippen LogP contribution in [-0.4, -0.2) is 67.2 Å². The van der Waals surface area contributed by atoms with Crippen molar-refractivity contribution in [1.82, 2.24) is 0 Å². The molecule has 0 spiro atoms. The maximum Gasteiger partial charge on any atom is 1.00 e. The molecule has 7 rings (SSSR count). The Labute approximate surface area is 447 Å². The molecule has 0 saturated heterocycles. The van der Waals surface area contributed by atoms with Crippen molar-refractivity contribution in [3.05, 3.63) is 134 Å². The first kappa shape index (κ1) is 54.0. The summed E-state index contributed by atoms with van der Waals surface area (Å²) in [6.07, 6.45) is 0. The fourth-order valence-electron chi connectivity index (χ4n) is 6.57. The Hall–Kier alpha value is -3.97. The molecule has 2 N–H and O–H groups in total. The number of carbonyl (C=O) groups is 3. The zero-order chi connectivity index (χ0) is 47.1. The number of rotatable bonds is 12. The van der Waals surface area contributed by atoms with Gasteiger partial charge < -0.3 is 4.90 Å². The Morgan fingerprint density at radius 1 is 0.642 bits per heavy atom. The minimum absolute atomic E-state index is 0. The summed E-state index contributed by atoms with van der Waals surface area (Å²) in [4.78, 5) is 41.8. The Morgan fingerprint density at radius 2 is 1.12 bits per heavy atom. The number of carbonyl (C=O) groups excluding carboxylic acids is 3. The second-order valence-electron chi connectivity index (χ2n) is 14.3. The number of hydrazone groups is 2. The third kappa shape index (κ3) is 11.9. The van der Waals surface area contributed by atoms with Crippen molar-refractivity contribution in [3.8, 4) is 0 Å². The SMILES string of the molecule is CC1=NN(c2cc(Cl)c(S(=O)(=O)O)cc2Cl)C(=O)C1N=Nc1cccc(C(=O)N(Cc2ccccc2)c2cc(N=NC3C(=O)N(c4cc(Cl)c(S(=O)(=O)O)cc4Cl)N=C3C)ccc2C)c1.[Na+].[Na+]. The van der Waals surface area contributed by atoms with E-state index in [2.05, 4.69) is 30.7 Å². The summed E-state index contributed by atoms with van der Waals surface area (Å²) < 4.78 is 65.7. The van der Waals surface area contributed by atoms with E-state index in [0.29, 0.717) is 11.3 Å². The van der Waals surface area contributed by atoms with Crippen LogP contribution < -0.4 is 74.0 Å². The van der Waals surface area contributed by atoms with Gasteiger partial charge >= 0.3 is 59.1 Å². The summed E-state index contributed by atoms with van der Waals surface area (Å²) in [5.74, 6) is -1.80. The molecule has 5 aromatic carbocycles. The third-order valence-electron chi connectivity index (χ3n) is 9.79. The predicted molar refractivity (Wildman–Crippen MR) is 245 cm³/mol. The van der Waals surface area contributed by atoms with Crippen LogP contribution in [0.15, 0.2) is 138 Å². The molecule has 5 aromatic rings. The quantitative estimate of drug-likeness (QED) is 0.105. The molecule has 2 unspecified atom stereocenters. The zero-order valence-corrected chi connectivity index (χ0v) is 44.4. The van der Waals surface area contributed by atoms with E-state index >= 15 is 0 Å². The maximum atomic E-state index is 14.5. The molecule has 18 nitrogen and oxygen atoms in total. The molecule has 67 heavy (non-hydrogen) atoms. The first-order valence-electron chi connectivity index (χ1n) is 18.7. The fraction of sp³-hybridized carbons (Fsp3) is 0.146. The van der Waals surface area contributed by atoms with E-state index in [9.17, 15) is 40.3 Å². The molecule has 2 heterocycles. The van der Waals surface area contributed by atoms with Gasteiger partial charge in [0.25, 0.3) is 38.0 Å². The van der Waals surface area contributed by atoms with Crippen LogP contribution >= 0.6 is 46.4 Å². The van der Waals surface area contributed by atoms with Crippen LogP contribution in [0.5, 0.6) is 0 Å². The van der Waals surface area contributed by atoms with Gasteiger partial charge in [-0.25, -0.2) is 0 Å². The Kier molecular flexibility index (Phi) is 17.5. The third-order valence-corrected chi connectivity index (χ3v) is 13.0. The monoisotopic (exact) mass is 1040 g/mol. The molecule has 2 aliphatic rings. The first-order valence-corrected chi connectivity index (χ1v) is 23.1. The molecule has 0 aliphatic carbocycles. The molecule has 334 valence electrons. The standard InChI is InChI=1S/C41H31Cl4N9O9S2.2Na/c1-21-12-13-27(47-49-38-23(3)51-54(41(38)57)34-17-31(45)36(19-29(34)43)65(61,62)63)15-32(21)52(20-24-8-5-4-6-9-24)39(55)25-10-7-11-26(14-25)46-48-37-22(2)50-53(40(37)56)33-16-30(44)35(18-28(33)42)64(58,59)60;;/h4-19,37-38H,20H2,1-3H3,(H,58,59,60)(H,61,62,63);;/q;2*+1. The summed E-state index contributed by atoms with van der Waals surface area (Å²) in [7, 11) is -9.41. The van der Waals surface area contributed by atoms with Crippen molar-refractivity contribution in [2.75, 3.05) is 14.9 Å². The predicted octanol–water partition coefficient (Wildman–Crippen LogP) is 3.71. The molecular formula is C41H31Cl4N9Na2O9S2+2. The van der Waals surface area contributed by atoms with Crippen molar-refractivity contribution in [1.29, 1.82) is 0 Å². The van der Waals surface area contributed by atoms with Gasteiger partial charge in [-0.3, -0.25) is 23.5 Å². The maximum absolute atomic E-state index is 14.5. The van der Waals surface area contributed by atoms with E-state index in [0.717, 1.165) is 39.8 Å². The molecule has 0 aromatic heterocycles. The molecule has 0 radical (unpaired) electrons. The van der Waals surface area contributed by atoms with Crippen molar-refractivity contribution in [3.63, 3.8) is 0 Å².